The lowest BCUT2D eigenvalue weighted by Gasteiger charge is -2.34. The fourth-order valence-corrected chi connectivity index (χ4v) is 5.38. The minimum Gasteiger partial charge on any atom is -0.493 e. The van der Waals surface area contributed by atoms with Gasteiger partial charge in [-0.2, -0.15) is 4.31 Å². The highest BCUT2D eigenvalue weighted by atomic mass is 32.2. The van der Waals surface area contributed by atoms with Crippen LogP contribution in [0, 0.1) is 0 Å². The van der Waals surface area contributed by atoms with Crippen LogP contribution in [-0.4, -0.2) is 44.6 Å². The lowest BCUT2D eigenvalue weighted by Crippen LogP contribution is -2.48. The number of fused-ring (bicyclic) bond motifs is 1. The van der Waals surface area contributed by atoms with Crippen molar-refractivity contribution in [3.8, 4) is 5.75 Å². The second-order valence-corrected chi connectivity index (χ2v) is 9.15. The van der Waals surface area contributed by atoms with Crippen molar-refractivity contribution in [2.45, 2.75) is 57.1 Å². The standard InChI is InChI=1S/C21H29NO4S/c1-4-5-8-13-25-20-11-12-21(19-10-7-6-9-18(19)20)27(23,24)22-14-16(2)26-17(3)15-22/h6-7,9-12,16-17H,4-5,8,13-15H2,1-3H3/t16-,17+. The quantitative estimate of drug-likeness (QED) is 0.664. The number of rotatable bonds is 7. The van der Waals surface area contributed by atoms with Gasteiger partial charge in [0, 0.05) is 23.9 Å². The van der Waals surface area contributed by atoms with Crippen molar-refractivity contribution >= 4 is 20.8 Å². The van der Waals surface area contributed by atoms with Gasteiger partial charge in [0.05, 0.1) is 23.7 Å². The fourth-order valence-electron chi connectivity index (χ4n) is 3.59. The summed E-state index contributed by atoms with van der Waals surface area (Å²) >= 11 is 0. The summed E-state index contributed by atoms with van der Waals surface area (Å²) in [6, 6.07) is 11.0. The molecular formula is C21H29NO4S. The Kier molecular flexibility index (Phi) is 6.40. The third-order valence-electron chi connectivity index (χ3n) is 4.85. The van der Waals surface area contributed by atoms with Crippen LogP contribution in [0.4, 0.5) is 0 Å². The molecule has 0 radical (unpaired) electrons. The second-order valence-electron chi connectivity index (χ2n) is 7.24. The van der Waals surface area contributed by atoms with Gasteiger partial charge in [-0.3, -0.25) is 0 Å². The molecule has 3 rings (SSSR count). The zero-order valence-electron chi connectivity index (χ0n) is 16.3. The topological polar surface area (TPSA) is 55.8 Å². The largest absolute Gasteiger partial charge is 0.493 e. The van der Waals surface area contributed by atoms with Gasteiger partial charge in [0.1, 0.15) is 5.75 Å². The van der Waals surface area contributed by atoms with E-state index in [-0.39, 0.29) is 12.2 Å². The number of morpholine rings is 1. The van der Waals surface area contributed by atoms with Crippen molar-refractivity contribution in [1.82, 2.24) is 4.31 Å². The Hall–Kier alpha value is -1.63. The van der Waals surface area contributed by atoms with Gasteiger partial charge in [-0.05, 0) is 32.4 Å². The second kappa shape index (κ2) is 8.59. The molecule has 148 valence electrons. The molecule has 5 nitrogen and oxygen atoms in total. The first-order chi connectivity index (χ1) is 12.9. The molecule has 1 heterocycles. The lowest BCUT2D eigenvalue weighted by molar-refractivity contribution is -0.0440. The molecule has 2 aromatic carbocycles. The third kappa shape index (κ3) is 4.45. The molecule has 1 saturated heterocycles. The average molecular weight is 392 g/mol. The molecule has 0 N–H and O–H groups in total. The van der Waals surface area contributed by atoms with Crippen molar-refractivity contribution < 1.29 is 17.9 Å². The highest BCUT2D eigenvalue weighted by Crippen LogP contribution is 2.33. The monoisotopic (exact) mass is 391 g/mol. The molecular weight excluding hydrogens is 362 g/mol. The van der Waals surface area contributed by atoms with Gasteiger partial charge in [0.15, 0.2) is 0 Å². The van der Waals surface area contributed by atoms with E-state index in [1.807, 2.05) is 38.1 Å². The summed E-state index contributed by atoms with van der Waals surface area (Å²) in [5, 5.41) is 1.54. The van der Waals surface area contributed by atoms with Crippen LogP contribution in [0.3, 0.4) is 0 Å². The third-order valence-corrected chi connectivity index (χ3v) is 6.74. The highest BCUT2D eigenvalue weighted by Gasteiger charge is 2.33. The Balaban J connectivity index is 1.95. The lowest BCUT2D eigenvalue weighted by atomic mass is 10.1. The predicted octanol–water partition coefficient (Wildman–Crippen LogP) is 4.21. The van der Waals surface area contributed by atoms with E-state index in [4.69, 9.17) is 9.47 Å². The zero-order valence-corrected chi connectivity index (χ0v) is 17.2. The van der Waals surface area contributed by atoms with E-state index >= 15 is 0 Å². The number of nitrogens with zero attached hydrogens (tertiary/aromatic N) is 1. The molecule has 0 saturated carbocycles. The molecule has 2 aromatic rings. The average Bonchev–Trinajstić information content (AvgIpc) is 2.64. The minimum atomic E-state index is -3.60. The van der Waals surface area contributed by atoms with Gasteiger partial charge >= 0.3 is 0 Å². The minimum absolute atomic E-state index is 0.115. The van der Waals surface area contributed by atoms with Crippen molar-refractivity contribution in [2.24, 2.45) is 0 Å². The summed E-state index contributed by atoms with van der Waals surface area (Å²) in [6.45, 7) is 7.35. The molecule has 0 amide bonds. The van der Waals surface area contributed by atoms with Gasteiger partial charge in [-0.1, -0.05) is 44.0 Å². The van der Waals surface area contributed by atoms with Crippen LogP contribution in [0.2, 0.25) is 0 Å². The van der Waals surface area contributed by atoms with Crippen LogP contribution in [0.25, 0.3) is 10.8 Å². The van der Waals surface area contributed by atoms with Crippen LogP contribution in [0.15, 0.2) is 41.3 Å². The van der Waals surface area contributed by atoms with Crippen LogP contribution >= 0.6 is 0 Å². The maximum absolute atomic E-state index is 13.3. The maximum Gasteiger partial charge on any atom is 0.243 e. The molecule has 6 heteroatoms. The molecule has 1 fully saturated rings. The number of hydrogen-bond donors (Lipinski definition) is 0. The van der Waals surface area contributed by atoms with Crippen LogP contribution < -0.4 is 4.74 Å². The number of hydrogen-bond acceptors (Lipinski definition) is 4. The predicted molar refractivity (Wildman–Crippen MR) is 108 cm³/mol. The van der Waals surface area contributed by atoms with Crippen molar-refractivity contribution in [3.05, 3.63) is 36.4 Å². The Morgan fingerprint density at radius 3 is 2.37 bits per heavy atom. The number of benzene rings is 2. The smallest absolute Gasteiger partial charge is 0.243 e. The van der Waals surface area contributed by atoms with Gasteiger partial charge in [0.2, 0.25) is 10.0 Å². The fraction of sp³-hybridized carbons (Fsp3) is 0.524. The molecule has 0 unspecified atom stereocenters. The summed E-state index contributed by atoms with van der Waals surface area (Å²) in [7, 11) is -3.60. The summed E-state index contributed by atoms with van der Waals surface area (Å²) in [6.07, 6.45) is 3.02. The Morgan fingerprint density at radius 2 is 1.70 bits per heavy atom. The first-order valence-electron chi connectivity index (χ1n) is 9.73. The first kappa shape index (κ1) is 20.1. The Morgan fingerprint density at radius 1 is 1.04 bits per heavy atom. The Labute approximate surface area is 162 Å². The van der Waals surface area contributed by atoms with Crippen molar-refractivity contribution in [1.29, 1.82) is 0 Å². The zero-order chi connectivity index (χ0) is 19.4. The van der Waals surface area contributed by atoms with E-state index in [0.29, 0.717) is 30.0 Å². The Bertz CT molecular complexity index is 871. The number of sulfonamides is 1. The van der Waals surface area contributed by atoms with E-state index in [9.17, 15) is 8.42 Å². The number of ether oxygens (including phenoxy) is 2. The van der Waals surface area contributed by atoms with Crippen LogP contribution in [-0.2, 0) is 14.8 Å². The van der Waals surface area contributed by atoms with Crippen molar-refractivity contribution in [2.75, 3.05) is 19.7 Å². The molecule has 0 bridgehead atoms. The summed E-state index contributed by atoms with van der Waals surface area (Å²) in [5.41, 5.74) is 0. The van der Waals surface area contributed by atoms with E-state index < -0.39 is 10.0 Å². The van der Waals surface area contributed by atoms with Gasteiger partial charge < -0.3 is 9.47 Å². The van der Waals surface area contributed by atoms with Gasteiger partial charge in [-0.15, -0.1) is 0 Å². The van der Waals surface area contributed by atoms with E-state index in [1.54, 1.807) is 12.1 Å². The molecule has 0 spiro atoms. The van der Waals surface area contributed by atoms with Gasteiger partial charge in [-0.25, -0.2) is 8.42 Å². The molecule has 2 atom stereocenters. The SMILES string of the molecule is CCCCCOc1ccc(S(=O)(=O)N2C[C@@H](C)O[C@@H](C)C2)c2ccccc12. The summed E-state index contributed by atoms with van der Waals surface area (Å²) in [4.78, 5) is 0.334. The molecule has 1 aliphatic heterocycles. The normalized spacial score (nSPS) is 21.4. The van der Waals surface area contributed by atoms with Crippen LogP contribution in [0.5, 0.6) is 5.75 Å². The van der Waals surface area contributed by atoms with E-state index in [1.165, 1.54) is 4.31 Å². The summed E-state index contributed by atoms with van der Waals surface area (Å²) in [5.74, 6) is 0.740. The summed E-state index contributed by atoms with van der Waals surface area (Å²) < 4.78 is 39.8. The van der Waals surface area contributed by atoms with Gasteiger partial charge in [0.25, 0.3) is 0 Å². The molecule has 0 aromatic heterocycles. The van der Waals surface area contributed by atoms with Crippen LogP contribution in [0.1, 0.15) is 40.0 Å². The first-order valence-corrected chi connectivity index (χ1v) is 11.2. The molecule has 1 aliphatic rings. The van der Waals surface area contributed by atoms with E-state index in [2.05, 4.69) is 6.92 Å². The maximum atomic E-state index is 13.3. The molecule has 0 aliphatic carbocycles. The number of unbranched alkanes of at least 4 members (excludes halogenated alkanes) is 2. The highest BCUT2D eigenvalue weighted by molar-refractivity contribution is 7.89. The van der Waals surface area contributed by atoms with E-state index in [0.717, 1.165) is 30.4 Å². The van der Waals surface area contributed by atoms with Crippen molar-refractivity contribution in [3.63, 3.8) is 0 Å². The molecule has 27 heavy (non-hydrogen) atoms.